The Labute approximate surface area is 223 Å². The van der Waals surface area contributed by atoms with Crippen LogP contribution in [0.15, 0.2) is 71.9 Å². The van der Waals surface area contributed by atoms with Gasteiger partial charge in [0.1, 0.15) is 23.7 Å². The average molecular weight is 552 g/mol. The maximum atomic E-state index is 15.1. The van der Waals surface area contributed by atoms with Crippen molar-refractivity contribution >= 4 is 27.0 Å². The number of hydrogen-bond acceptors (Lipinski definition) is 4. The molecule has 200 valence electrons. The molecule has 6 nitrogen and oxygen atoms in total. The molecule has 0 aliphatic rings. The molecule has 0 aliphatic carbocycles. The Morgan fingerprint density at radius 1 is 1.00 bits per heavy atom. The molecule has 0 fully saturated rings. The van der Waals surface area contributed by atoms with Crippen molar-refractivity contribution in [2.75, 3.05) is 6.26 Å². The maximum absolute atomic E-state index is 15.1. The first-order valence-electron chi connectivity index (χ1n) is 12.2. The molecule has 39 heavy (non-hydrogen) atoms. The molecule has 0 unspecified atom stereocenters. The predicted octanol–water partition coefficient (Wildman–Crippen LogP) is 5.62. The highest BCUT2D eigenvalue weighted by molar-refractivity contribution is 7.91. The molecule has 5 aromatic rings. The number of benzene rings is 3. The molecule has 0 aliphatic heterocycles. The minimum absolute atomic E-state index is 0.00220. The number of fused-ring (bicyclic) bond motifs is 1. The highest BCUT2D eigenvalue weighted by Crippen LogP contribution is 2.32. The molecule has 10 heteroatoms. The topological polar surface area (TPSA) is 84.8 Å². The van der Waals surface area contributed by atoms with Crippen LogP contribution in [0, 0.1) is 17.5 Å². The second kappa shape index (κ2) is 10.5. The molecule has 5 rings (SSSR count). The molecular weight excluding hydrogens is 527 g/mol. The number of carbonyl (C=O) groups excluding carboxylic acids is 1. The van der Waals surface area contributed by atoms with E-state index in [1.54, 1.807) is 42.7 Å². The summed E-state index contributed by atoms with van der Waals surface area (Å²) in [7, 11) is -3.78. The van der Waals surface area contributed by atoms with Gasteiger partial charge in [-0.2, -0.15) is 5.10 Å². The number of nitrogens with zero attached hydrogens (tertiary/aromatic N) is 2. The van der Waals surface area contributed by atoms with Crippen LogP contribution >= 0.6 is 0 Å². The normalized spacial score (nSPS) is 11.8. The average Bonchev–Trinajstić information content (AvgIpc) is 3.54. The van der Waals surface area contributed by atoms with E-state index in [1.165, 1.54) is 28.9 Å². The highest BCUT2D eigenvalue weighted by atomic mass is 32.2. The second-order valence-electron chi connectivity index (χ2n) is 9.36. The number of aromatic amines is 1. The number of aromatic nitrogens is 3. The molecule has 0 amide bonds. The zero-order chi connectivity index (χ0) is 27.7. The van der Waals surface area contributed by atoms with Gasteiger partial charge in [0, 0.05) is 59.1 Å². The fourth-order valence-electron chi connectivity index (χ4n) is 4.79. The van der Waals surface area contributed by atoms with Crippen molar-refractivity contribution < 1.29 is 26.4 Å². The van der Waals surface area contributed by atoms with E-state index in [9.17, 15) is 22.0 Å². The number of aryl methyl sites for hydroxylation is 1. The quantitative estimate of drug-likeness (QED) is 0.241. The first-order valence-corrected chi connectivity index (χ1v) is 14.1. The SMILES string of the molecule is CS(=O)(=O)c1c(Cc2ccc(F)c(-c3ccn(Cc4cccc(CCC=O)c4F)n3)c2)c(F)cc2[nH]ccc12. The van der Waals surface area contributed by atoms with E-state index in [4.69, 9.17) is 0 Å². The summed E-state index contributed by atoms with van der Waals surface area (Å²) in [5.41, 5.74) is 2.11. The highest BCUT2D eigenvalue weighted by Gasteiger charge is 2.23. The lowest BCUT2D eigenvalue weighted by atomic mass is 9.99. The van der Waals surface area contributed by atoms with Gasteiger partial charge >= 0.3 is 0 Å². The Kier molecular flexibility index (Phi) is 7.14. The van der Waals surface area contributed by atoms with Crippen molar-refractivity contribution in [2.24, 2.45) is 0 Å². The van der Waals surface area contributed by atoms with Gasteiger partial charge in [-0.3, -0.25) is 4.68 Å². The van der Waals surface area contributed by atoms with E-state index < -0.39 is 27.3 Å². The number of aldehydes is 1. The van der Waals surface area contributed by atoms with Gasteiger partial charge < -0.3 is 9.78 Å². The summed E-state index contributed by atoms with van der Waals surface area (Å²) in [6, 6.07) is 13.6. The van der Waals surface area contributed by atoms with E-state index in [1.807, 2.05) is 0 Å². The van der Waals surface area contributed by atoms with E-state index >= 15 is 4.39 Å². The van der Waals surface area contributed by atoms with E-state index in [2.05, 4.69) is 10.1 Å². The summed E-state index contributed by atoms with van der Waals surface area (Å²) < 4.78 is 71.5. The molecule has 0 radical (unpaired) electrons. The molecule has 3 aromatic carbocycles. The number of halogens is 3. The summed E-state index contributed by atoms with van der Waals surface area (Å²) in [5, 5.41) is 4.79. The van der Waals surface area contributed by atoms with E-state index in [-0.39, 0.29) is 41.1 Å². The largest absolute Gasteiger partial charge is 0.361 e. The fraction of sp³-hybridized carbons (Fsp3) is 0.172. The van der Waals surface area contributed by atoms with Crippen LogP contribution < -0.4 is 0 Å². The monoisotopic (exact) mass is 551 g/mol. The van der Waals surface area contributed by atoms with Gasteiger partial charge in [0.25, 0.3) is 0 Å². The van der Waals surface area contributed by atoms with Crippen LogP contribution in [-0.4, -0.2) is 35.7 Å². The van der Waals surface area contributed by atoms with Crippen LogP contribution in [0.1, 0.15) is 28.7 Å². The third kappa shape index (κ3) is 5.37. The molecule has 0 spiro atoms. The predicted molar refractivity (Wildman–Crippen MR) is 142 cm³/mol. The summed E-state index contributed by atoms with van der Waals surface area (Å²) in [6.45, 7) is 0.0989. The molecule has 2 aromatic heterocycles. The number of sulfone groups is 1. The summed E-state index contributed by atoms with van der Waals surface area (Å²) in [6.07, 6.45) is 5.34. The van der Waals surface area contributed by atoms with Gasteiger partial charge in [0.05, 0.1) is 17.1 Å². The third-order valence-electron chi connectivity index (χ3n) is 6.58. The number of H-pyrrole nitrogens is 1. The first kappa shape index (κ1) is 26.4. The lowest BCUT2D eigenvalue weighted by molar-refractivity contribution is -0.107. The molecule has 1 N–H and O–H groups in total. The zero-order valence-corrected chi connectivity index (χ0v) is 21.7. The lowest BCUT2D eigenvalue weighted by Gasteiger charge is -2.12. The first-order chi connectivity index (χ1) is 18.7. The molecule has 0 saturated heterocycles. The summed E-state index contributed by atoms with van der Waals surface area (Å²) in [5.74, 6) is -1.65. The Morgan fingerprint density at radius 3 is 2.56 bits per heavy atom. The smallest absolute Gasteiger partial charge is 0.176 e. The second-order valence-corrected chi connectivity index (χ2v) is 11.3. The van der Waals surface area contributed by atoms with Crippen LogP contribution in [0.4, 0.5) is 13.2 Å². The third-order valence-corrected chi connectivity index (χ3v) is 7.79. The van der Waals surface area contributed by atoms with Crippen LogP contribution in [0.2, 0.25) is 0 Å². The van der Waals surface area contributed by atoms with Gasteiger partial charge in [-0.15, -0.1) is 0 Å². The van der Waals surface area contributed by atoms with Crippen LogP contribution in [0.3, 0.4) is 0 Å². The molecule has 0 bridgehead atoms. The van der Waals surface area contributed by atoms with Crippen molar-refractivity contribution in [1.29, 1.82) is 0 Å². The summed E-state index contributed by atoms with van der Waals surface area (Å²) in [4.78, 5) is 13.4. The van der Waals surface area contributed by atoms with Gasteiger partial charge in [0.15, 0.2) is 9.84 Å². The summed E-state index contributed by atoms with van der Waals surface area (Å²) >= 11 is 0. The Morgan fingerprint density at radius 2 is 1.79 bits per heavy atom. The van der Waals surface area contributed by atoms with Gasteiger partial charge in [0.2, 0.25) is 0 Å². The Hall–Kier alpha value is -4.18. The minimum atomic E-state index is -3.78. The van der Waals surface area contributed by atoms with Gasteiger partial charge in [-0.1, -0.05) is 24.3 Å². The van der Waals surface area contributed by atoms with Crippen LogP contribution in [0.25, 0.3) is 22.2 Å². The maximum Gasteiger partial charge on any atom is 0.176 e. The standard InChI is InChI=1S/C29H24F3N3O3S/c1-39(37,38)29-21-9-11-33-27(21)16-25(31)23(29)15-18-7-8-24(30)22(14-18)26-10-12-35(34-26)17-20-5-2-4-19(28(20)32)6-3-13-36/h2,4-5,7-14,16,33H,3,6,15,17H2,1H3. The number of carbonyl (C=O) groups is 1. The van der Waals surface area contributed by atoms with E-state index in [0.29, 0.717) is 34.0 Å². The van der Waals surface area contributed by atoms with Crippen molar-refractivity contribution in [3.8, 4) is 11.3 Å². The van der Waals surface area contributed by atoms with Gasteiger partial charge in [-0.05, 0) is 47.9 Å². The zero-order valence-electron chi connectivity index (χ0n) is 20.9. The van der Waals surface area contributed by atoms with Crippen LogP contribution in [-0.2, 0) is 34.0 Å². The molecular formula is C29H24F3N3O3S. The minimum Gasteiger partial charge on any atom is -0.361 e. The fourth-order valence-corrected chi connectivity index (χ4v) is 5.98. The van der Waals surface area contributed by atoms with Crippen molar-refractivity contribution in [1.82, 2.24) is 14.8 Å². The number of nitrogens with one attached hydrogen (secondary N) is 1. The van der Waals surface area contributed by atoms with E-state index in [0.717, 1.165) is 12.5 Å². The lowest BCUT2D eigenvalue weighted by Crippen LogP contribution is -2.07. The molecule has 2 heterocycles. The van der Waals surface area contributed by atoms with Crippen molar-refractivity contribution in [3.05, 3.63) is 107 Å². The number of hydrogen-bond donors (Lipinski definition) is 1. The Bertz CT molecular complexity index is 1810. The van der Waals surface area contributed by atoms with Crippen molar-refractivity contribution in [2.45, 2.75) is 30.7 Å². The Balaban J connectivity index is 1.46. The van der Waals surface area contributed by atoms with Crippen LogP contribution in [0.5, 0.6) is 0 Å². The molecule has 0 atom stereocenters. The van der Waals surface area contributed by atoms with Gasteiger partial charge in [-0.25, -0.2) is 21.6 Å². The van der Waals surface area contributed by atoms with Crippen molar-refractivity contribution in [3.63, 3.8) is 0 Å². The number of rotatable bonds is 9. The molecule has 0 saturated carbocycles.